The van der Waals surface area contributed by atoms with Crippen LogP contribution in [-0.2, 0) is 9.53 Å². The molecule has 0 saturated heterocycles. The molecule has 0 aromatic rings. The maximum atomic E-state index is 11.9. The summed E-state index contributed by atoms with van der Waals surface area (Å²) in [7, 11) is 0. The Labute approximate surface area is 111 Å². The Morgan fingerprint density at radius 2 is 2.06 bits per heavy atom. The van der Waals surface area contributed by atoms with Gasteiger partial charge in [0.15, 0.2) is 0 Å². The highest BCUT2D eigenvalue weighted by Gasteiger charge is 2.40. The smallest absolute Gasteiger partial charge is 0.223 e. The van der Waals surface area contributed by atoms with Crippen molar-refractivity contribution in [1.29, 1.82) is 0 Å². The van der Waals surface area contributed by atoms with E-state index < -0.39 is 0 Å². The largest absolute Gasteiger partial charge is 0.382 e. The number of rotatable bonds is 7. The molecule has 2 unspecified atom stereocenters. The van der Waals surface area contributed by atoms with Gasteiger partial charge in [0.2, 0.25) is 5.91 Å². The van der Waals surface area contributed by atoms with Gasteiger partial charge in [0, 0.05) is 25.7 Å². The SMILES string of the molecule is CCOCCC1(CNC(=O)C2CC2C)CCCC1. The molecule has 0 spiro atoms. The van der Waals surface area contributed by atoms with Crippen LogP contribution in [0, 0.1) is 17.3 Å². The van der Waals surface area contributed by atoms with E-state index >= 15 is 0 Å². The molecule has 0 aromatic heterocycles. The van der Waals surface area contributed by atoms with Crippen LogP contribution in [0.3, 0.4) is 0 Å². The molecule has 2 atom stereocenters. The van der Waals surface area contributed by atoms with E-state index in [0.29, 0.717) is 17.3 Å². The summed E-state index contributed by atoms with van der Waals surface area (Å²) in [5.41, 5.74) is 0.322. The van der Waals surface area contributed by atoms with Crippen molar-refractivity contribution in [3.8, 4) is 0 Å². The van der Waals surface area contributed by atoms with Crippen molar-refractivity contribution >= 4 is 5.91 Å². The quantitative estimate of drug-likeness (QED) is 0.708. The Hall–Kier alpha value is -0.570. The molecule has 3 nitrogen and oxygen atoms in total. The van der Waals surface area contributed by atoms with Crippen LogP contribution in [0.1, 0.15) is 52.4 Å². The van der Waals surface area contributed by atoms with Crippen LogP contribution < -0.4 is 5.32 Å². The van der Waals surface area contributed by atoms with Gasteiger partial charge in [-0.25, -0.2) is 0 Å². The highest BCUT2D eigenvalue weighted by molar-refractivity contribution is 5.81. The molecule has 18 heavy (non-hydrogen) atoms. The molecule has 104 valence electrons. The summed E-state index contributed by atoms with van der Waals surface area (Å²) >= 11 is 0. The number of ether oxygens (including phenoxy) is 1. The third kappa shape index (κ3) is 3.47. The number of hydrogen-bond acceptors (Lipinski definition) is 2. The molecular formula is C15H27NO2. The average Bonchev–Trinajstić information content (AvgIpc) is 2.91. The van der Waals surface area contributed by atoms with Gasteiger partial charge in [-0.3, -0.25) is 4.79 Å². The first kappa shape index (κ1) is 13.9. The zero-order valence-corrected chi connectivity index (χ0v) is 11.8. The van der Waals surface area contributed by atoms with Crippen molar-refractivity contribution in [2.24, 2.45) is 17.3 Å². The summed E-state index contributed by atoms with van der Waals surface area (Å²) in [6, 6.07) is 0. The lowest BCUT2D eigenvalue weighted by Crippen LogP contribution is -2.37. The highest BCUT2D eigenvalue weighted by Crippen LogP contribution is 2.41. The molecule has 0 heterocycles. The van der Waals surface area contributed by atoms with Crippen LogP contribution in [0.15, 0.2) is 0 Å². The first-order chi connectivity index (χ1) is 8.67. The molecular weight excluding hydrogens is 226 g/mol. The molecule has 1 amide bonds. The number of amides is 1. The zero-order valence-electron chi connectivity index (χ0n) is 11.8. The van der Waals surface area contributed by atoms with Gasteiger partial charge in [-0.1, -0.05) is 19.8 Å². The van der Waals surface area contributed by atoms with Gasteiger partial charge >= 0.3 is 0 Å². The van der Waals surface area contributed by atoms with E-state index in [1.807, 2.05) is 6.92 Å². The molecule has 1 N–H and O–H groups in total. The molecule has 0 bridgehead atoms. The second kappa shape index (κ2) is 6.05. The average molecular weight is 253 g/mol. The molecule has 0 aliphatic heterocycles. The third-order valence-electron chi connectivity index (χ3n) is 4.73. The molecule has 2 rings (SSSR count). The lowest BCUT2D eigenvalue weighted by atomic mass is 9.83. The van der Waals surface area contributed by atoms with Crippen LogP contribution in [0.4, 0.5) is 0 Å². The molecule has 2 aliphatic rings. The first-order valence-electron chi connectivity index (χ1n) is 7.52. The Kier molecular flexibility index (Phi) is 4.66. The predicted molar refractivity (Wildman–Crippen MR) is 72.3 cm³/mol. The fourth-order valence-corrected chi connectivity index (χ4v) is 3.17. The third-order valence-corrected chi connectivity index (χ3v) is 4.73. The summed E-state index contributed by atoms with van der Waals surface area (Å²) in [5.74, 6) is 1.19. The van der Waals surface area contributed by atoms with Crippen LogP contribution in [-0.4, -0.2) is 25.7 Å². The maximum Gasteiger partial charge on any atom is 0.223 e. The summed E-state index contributed by atoms with van der Waals surface area (Å²) in [4.78, 5) is 11.9. The van der Waals surface area contributed by atoms with E-state index in [1.54, 1.807) is 0 Å². The standard InChI is InChI=1S/C15H27NO2/c1-3-18-9-8-15(6-4-5-7-15)11-16-14(17)13-10-12(13)2/h12-13H,3-11H2,1-2H3,(H,16,17). The summed E-state index contributed by atoms with van der Waals surface area (Å²) in [5, 5.41) is 3.19. The minimum absolute atomic E-state index is 0.283. The van der Waals surface area contributed by atoms with E-state index in [0.717, 1.165) is 32.6 Å². The van der Waals surface area contributed by atoms with Gasteiger partial charge in [-0.05, 0) is 43.9 Å². The highest BCUT2D eigenvalue weighted by atomic mass is 16.5. The van der Waals surface area contributed by atoms with Crippen molar-refractivity contribution in [3.63, 3.8) is 0 Å². The summed E-state index contributed by atoms with van der Waals surface area (Å²) < 4.78 is 5.49. The van der Waals surface area contributed by atoms with Crippen LogP contribution in [0.5, 0.6) is 0 Å². The monoisotopic (exact) mass is 253 g/mol. The molecule has 2 saturated carbocycles. The molecule has 3 heteroatoms. The molecule has 2 fully saturated rings. The lowest BCUT2D eigenvalue weighted by Gasteiger charge is -2.29. The number of hydrogen-bond donors (Lipinski definition) is 1. The van der Waals surface area contributed by atoms with Crippen molar-refractivity contribution < 1.29 is 9.53 Å². The second-order valence-corrected chi connectivity index (χ2v) is 6.19. The van der Waals surface area contributed by atoms with E-state index in [4.69, 9.17) is 4.74 Å². The number of carbonyl (C=O) groups is 1. The van der Waals surface area contributed by atoms with Crippen LogP contribution >= 0.6 is 0 Å². The van der Waals surface area contributed by atoms with Crippen molar-refractivity contribution in [2.75, 3.05) is 19.8 Å². The van der Waals surface area contributed by atoms with Crippen molar-refractivity contribution in [2.45, 2.75) is 52.4 Å². The van der Waals surface area contributed by atoms with E-state index in [-0.39, 0.29) is 5.91 Å². The van der Waals surface area contributed by atoms with Gasteiger partial charge in [-0.2, -0.15) is 0 Å². The minimum atomic E-state index is 0.283. The summed E-state index contributed by atoms with van der Waals surface area (Å²) in [6.07, 6.45) is 7.30. The Morgan fingerprint density at radius 3 is 2.61 bits per heavy atom. The Balaban J connectivity index is 1.76. The fraction of sp³-hybridized carbons (Fsp3) is 0.933. The topological polar surface area (TPSA) is 38.3 Å². The van der Waals surface area contributed by atoms with Gasteiger partial charge in [-0.15, -0.1) is 0 Å². The lowest BCUT2D eigenvalue weighted by molar-refractivity contribution is -0.123. The van der Waals surface area contributed by atoms with Gasteiger partial charge in [0.05, 0.1) is 0 Å². The molecule has 0 radical (unpaired) electrons. The predicted octanol–water partition coefficient (Wildman–Crippen LogP) is 2.75. The molecule has 2 aliphatic carbocycles. The van der Waals surface area contributed by atoms with Crippen molar-refractivity contribution in [3.05, 3.63) is 0 Å². The van der Waals surface area contributed by atoms with E-state index in [1.165, 1.54) is 25.7 Å². The minimum Gasteiger partial charge on any atom is -0.382 e. The fourth-order valence-electron chi connectivity index (χ4n) is 3.17. The van der Waals surface area contributed by atoms with E-state index in [9.17, 15) is 4.79 Å². The van der Waals surface area contributed by atoms with Crippen molar-refractivity contribution in [1.82, 2.24) is 5.32 Å². The maximum absolute atomic E-state index is 11.9. The van der Waals surface area contributed by atoms with Gasteiger partial charge < -0.3 is 10.1 Å². The van der Waals surface area contributed by atoms with Crippen LogP contribution in [0.25, 0.3) is 0 Å². The Bertz CT molecular complexity index is 284. The number of nitrogens with one attached hydrogen (secondary N) is 1. The zero-order chi connectivity index (χ0) is 13.0. The van der Waals surface area contributed by atoms with Gasteiger partial charge in [0.25, 0.3) is 0 Å². The van der Waals surface area contributed by atoms with E-state index in [2.05, 4.69) is 12.2 Å². The summed E-state index contributed by atoms with van der Waals surface area (Å²) in [6.45, 7) is 6.69. The molecule has 0 aromatic carbocycles. The van der Waals surface area contributed by atoms with Gasteiger partial charge in [0.1, 0.15) is 0 Å². The Morgan fingerprint density at radius 1 is 1.39 bits per heavy atom. The number of carbonyl (C=O) groups excluding carboxylic acids is 1. The normalized spacial score (nSPS) is 29.2. The van der Waals surface area contributed by atoms with Crippen LogP contribution in [0.2, 0.25) is 0 Å². The second-order valence-electron chi connectivity index (χ2n) is 6.19. The first-order valence-corrected chi connectivity index (χ1v) is 7.52.